The summed E-state index contributed by atoms with van der Waals surface area (Å²) in [7, 11) is 0. The molecule has 2 aromatic heterocycles. The largest absolute Gasteiger partial charge is 0.484 e. The standard InChI is InChI=1S/C23H19BrClNO4/c1-3-28-23(27)22-14(2)26(16-8-6-15(25)7-9-16)20-12-19(24)21(11-18(20)22)30-13-17-5-4-10-29-17/h4-12H,3,13H2,1-2H3. The fraction of sp³-hybridized carbons (Fsp3) is 0.174. The van der Waals surface area contributed by atoms with Crippen LogP contribution < -0.4 is 4.74 Å². The first kappa shape index (κ1) is 20.6. The number of carbonyl (C=O) groups excluding carboxylic acids is 1. The normalized spacial score (nSPS) is 11.1. The third-order valence-corrected chi connectivity index (χ3v) is 5.64. The number of halogens is 2. The van der Waals surface area contributed by atoms with Gasteiger partial charge >= 0.3 is 5.97 Å². The third kappa shape index (κ3) is 3.85. The first-order chi connectivity index (χ1) is 14.5. The zero-order valence-electron chi connectivity index (χ0n) is 16.4. The summed E-state index contributed by atoms with van der Waals surface area (Å²) in [5.74, 6) is 0.951. The summed E-state index contributed by atoms with van der Waals surface area (Å²) in [5.41, 5.74) is 3.04. The summed E-state index contributed by atoms with van der Waals surface area (Å²) in [6, 6.07) is 14.9. The molecular weight excluding hydrogens is 470 g/mol. The van der Waals surface area contributed by atoms with Crippen LogP contribution >= 0.6 is 27.5 Å². The van der Waals surface area contributed by atoms with Gasteiger partial charge in [0.2, 0.25) is 0 Å². The van der Waals surface area contributed by atoms with Crippen LogP contribution in [-0.4, -0.2) is 17.1 Å². The summed E-state index contributed by atoms with van der Waals surface area (Å²) in [6.45, 7) is 4.27. The predicted octanol–water partition coefficient (Wildman–Crippen LogP) is 6.70. The minimum atomic E-state index is -0.368. The van der Waals surface area contributed by atoms with Crippen molar-refractivity contribution in [3.8, 4) is 11.4 Å². The van der Waals surface area contributed by atoms with Gasteiger partial charge in [0.1, 0.15) is 18.1 Å². The number of hydrogen-bond acceptors (Lipinski definition) is 4. The summed E-state index contributed by atoms with van der Waals surface area (Å²) in [4.78, 5) is 12.8. The molecule has 0 aliphatic carbocycles. The van der Waals surface area contributed by atoms with Crippen molar-refractivity contribution in [2.24, 2.45) is 0 Å². The van der Waals surface area contributed by atoms with E-state index in [-0.39, 0.29) is 12.6 Å². The maximum atomic E-state index is 12.8. The number of carbonyl (C=O) groups is 1. The van der Waals surface area contributed by atoms with Crippen LogP contribution in [0.5, 0.6) is 5.75 Å². The van der Waals surface area contributed by atoms with Gasteiger partial charge in [-0.3, -0.25) is 0 Å². The van der Waals surface area contributed by atoms with Gasteiger partial charge in [0, 0.05) is 21.8 Å². The van der Waals surface area contributed by atoms with Crippen molar-refractivity contribution >= 4 is 44.4 Å². The van der Waals surface area contributed by atoms with Crippen LogP contribution in [0.3, 0.4) is 0 Å². The maximum absolute atomic E-state index is 12.8. The smallest absolute Gasteiger partial charge is 0.340 e. The fourth-order valence-corrected chi connectivity index (χ4v) is 4.03. The molecule has 0 saturated heterocycles. The lowest BCUT2D eigenvalue weighted by Gasteiger charge is -2.11. The van der Waals surface area contributed by atoms with E-state index in [0.29, 0.717) is 28.7 Å². The molecule has 0 aliphatic heterocycles. The molecule has 0 amide bonds. The van der Waals surface area contributed by atoms with Gasteiger partial charge in [0.25, 0.3) is 0 Å². The van der Waals surface area contributed by atoms with Gasteiger partial charge < -0.3 is 18.5 Å². The summed E-state index contributed by atoms with van der Waals surface area (Å²) in [5, 5.41) is 1.40. The number of aromatic nitrogens is 1. The Morgan fingerprint density at radius 3 is 2.63 bits per heavy atom. The number of ether oxygens (including phenoxy) is 2. The summed E-state index contributed by atoms with van der Waals surface area (Å²) >= 11 is 9.66. The zero-order chi connectivity index (χ0) is 21.3. The molecule has 0 N–H and O–H groups in total. The Balaban J connectivity index is 1.87. The van der Waals surface area contributed by atoms with Crippen molar-refractivity contribution in [1.29, 1.82) is 0 Å². The molecule has 30 heavy (non-hydrogen) atoms. The second kappa shape index (κ2) is 8.58. The molecule has 0 unspecified atom stereocenters. The Labute approximate surface area is 187 Å². The Bertz CT molecular complexity index is 1200. The molecule has 4 rings (SSSR count). The average Bonchev–Trinajstić information content (AvgIpc) is 3.33. The van der Waals surface area contributed by atoms with E-state index >= 15 is 0 Å². The molecule has 4 aromatic rings. The van der Waals surface area contributed by atoms with E-state index in [1.54, 1.807) is 13.2 Å². The van der Waals surface area contributed by atoms with E-state index in [2.05, 4.69) is 15.9 Å². The molecule has 2 aromatic carbocycles. The number of benzene rings is 2. The Hall–Kier alpha value is -2.70. The van der Waals surface area contributed by atoms with Crippen LogP contribution in [0.4, 0.5) is 0 Å². The van der Waals surface area contributed by atoms with Crippen molar-refractivity contribution in [2.75, 3.05) is 6.61 Å². The van der Waals surface area contributed by atoms with Gasteiger partial charge in [-0.05, 0) is 78.3 Å². The molecule has 0 bridgehead atoms. The minimum absolute atomic E-state index is 0.280. The van der Waals surface area contributed by atoms with E-state index in [4.69, 9.17) is 25.5 Å². The van der Waals surface area contributed by atoms with Crippen LogP contribution in [0.15, 0.2) is 63.7 Å². The van der Waals surface area contributed by atoms with E-state index in [1.165, 1.54) is 0 Å². The van der Waals surface area contributed by atoms with Crippen molar-refractivity contribution in [2.45, 2.75) is 20.5 Å². The Kier molecular flexibility index (Phi) is 5.88. The lowest BCUT2D eigenvalue weighted by molar-refractivity contribution is 0.0527. The Morgan fingerprint density at radius 2 is 1.97 bits per heavy atom. The summed E-state index contributed by atoms with van der Waals surface area (Å²) in [6.07, 6.45) is 1.60. The molecular formula is C23H19BrClNO4. The van der Waals surface area contributed by atoms with E-state index in [9.17, 15) is 4.79 Å². The minimum Gasteiger partial charge on any atom is -0.484 e. The van der Waals surface area contributed by atoms with Gasteiger partial charge in [-0.2, -0.15) is 0 Å². The lowest BCUT2D eigenvalue weighted by atomic mass is 10.1. The Morgan fingerprint density at radius 1 is 1.20 bits per heavy atom. The van der Waals surface area contributed by atoms with Gasteiger partial charge in [-0.1, -0.05) is 11.6 Å². The molecule has 0 atom stereocenters. The van der Waals surface area contributed by atoms with E-state index in [1.807, 2.05) is 60.0 Å². The van der Waals surface area contributed by atoms with Gasteiger partial charge in [0.05, 0.1) is 28.4 Å². The molecule has 0 fully saturated rings. The number of furan rings is 1. The average molecular weight is 489 g/mol. The second-order valence-electron chi connectivity index (χ2n) is 6.66. The van der Waals surface area contributed by atoms with Crippen molar-refractivity contribution in [3.05, 3.63) is 81.3 Å². The van der Waals surface area contributed by atoms with Crippen molar-refractivity contribution in [1.82, 2.24) is 4.57 Å². The number of nitrogens with zero attached hydrogens (tertiary/aromatic N) is 1. The van der Waals surface area contributed by atoms with E-state index < -0.39 is 0 Å². The molecule has 5 nitrogen and oxygen atoms in total. The SMILES string of the molecule is CCOC(=O)c1c(C)n(-c2ccc(Cl)cc2)c2cc(Br)c(OCc3ccco3)cc12. The number of rotatable bonds is 6. The monoisotopic (exact) mass is 487 g/mol. The molecule has 0 radical (unpaired) electrons. The quantitative estimate of drug-likeness (QED) is 0.283. The molecule has 2 heterocycles. The van der Waals surface area contributed by atoms with E-state index in [0.717, 1.165) is 26.8 Å². The van der Waals surface area contributed by atoms with Crippen LogP contribution in [-0.2, 0) is 11.3 Å². The van der Waals surface area contributed by atoms with Gasteiger partial charge in [-0.15, -0.1) is 0 Å². The number of esters is 1. The molecule has 0 spiro atoms. The van der Waals surface area contributed by atoms with Crippen LogP contribution in [0.1, 0.15) is 28.7 Å². The number of fused-ring (bicyclic) bond motifs is 1. The highest BCUT2D eigenvalue weighted by Crippen LogP contribution is 2.37. The fourth-order valence-electron chi connectivity index (χ4n) is 3.45. The molecule has 154 valence electrons. The van der Waals surface area contributed by atoms with Gasteiger partial charge in [-0.25, -0.2) is 4.79 Å². The first-order valence-corrected chi connectivity index (χ1v) is 10.6. The lowest BCUT2D eigenvalue weighted by Crippen LogP contribution is -2.07. The molecule has 7 heteroatoms. The summed E-state index contributed by atoms with van der Waals surface area (Å²) < 4.78 is 19.4. The van der Waals surface area contributed by atoms with Crippen molar-refractivity contribution < 1.29 is 18.7 Å². The topological polar surface area (TPSA) is 53.6 Å². The highest BCUT2D eigenvalue weighted by atomic mass is 79.9. The zero-order valence-corrected chi connectivity index (χ0v) is 18.8. The van der Waals surface area contributed by atoms with Gasteiger partial charge in [0.15, 0.2) is 0 Å². The van der Waals surface area contributed by atoms with Crippen LogP contribution in [0.2, 0.25) is 5.02 Å². The first-order valence-electron chi connectivity index (χ1n) is 9.42. The van der Waals surface area contributed by atoms with Crippen LogP contribution in [0, 0.1) is 6.92 Å². The number of hydrogen-bond donors (Lipinski definition) is 0. The molecule has 0 aliphatic rings. The third-order valence-electron chi connectivity index (χ3n) is 4.77. The highest BCUT2D eigenvalue weighted by molar-refractivity contribution is 9.10. The second-order valence-corrected chi connectivity index (χ2v) is 7.95. The van der Waals surface area contributed by atoms with Crippen LogP contribution in [0.25, 0.3) is 16.6 Å². The maximum Gasteiger partial charge on any atom is 0.340 e. The van der Waals surface area contributed by atoms with Crippen molar-refractivity contribution in [3.63, 3.8) is 0 Å². The molecule has 0 saturated carbocycles. The highest BCUT2D eigenvalue weighted by Gasteiger charge is 2.23. The predicted molar refractivity (Wildman–Crippen MR) is 120 cm³/mol.